The van der Waals surface area contributed by atoms with Crippen LogP contribution in [0.5, 0.6) is 0 Å². The molecule has 1 rings (SSSR count). The van der Waals surface area contributed by atoms with E-state index in [0.717, 1.165) is 10.6 Å². The van der Waals surface area contributed by atoms with Crippen molar-refractivity contribution in [1.82, 2.24) is 10.2 Å². The van der Waals surface area contributed by atoms with Gasteiger partial charge in [-0.3, -0.25) is 4.79 Å². The maximum Gasteiger partial charge on any atom is 0.236 e. The number of carbonyl (C=O) groups excluding carboxylic acids is 1. The molecule has 1 amide bonds. The number of nitrogens with zero attached hydrogens (tertiary/aromatic N) is 1. The summed E-state index contributed by atoms with van der Waals surface area (Å²) in [4.78, 5) is 13.0. The first-order chi connectivity index (χ1) is 7.52. The fraction of sp³-hybridized carbons (Fsp3) is 0.417. The maximum atomic E-state index is 11.4. The van der Waals surface area contributed by atoms with Crippen molar-refractivity contribution >= 4 is 17.5 Å². The predicted octanol–water partition coefficient (Wildman–Crippen LogP) is 2.08. The second-order valence-electron chi connectivity index (χ2n) is 3.91. The maximum absolute atomic E-state index is 11.4. The molecule has 0 radical (unpaired) electrons. The number of nitrogens with one attached hydrogen (secondary N) is 1. The van der Waals surface area contributed by atoms with Gasteiger partial charge in [0.05, 0.1) is 6.54 Å². The van der Waals surface area contributed by atoms with E-state index in [2.05, 4.69) is 5.32 Å². The molecular formula is C12H17ClN2O. The molecule has 0 heterocycles. The van der Waals surface area contributed by atoms with E-state index >= 15 is 0 Å². The van der Waals surface area contributed by atoms with Crippen molar-refractivity contribution < 1.29 is 4.79 Å². The second-order valence-corrected chi connectivity index (χ2v) is 4.32. The molecule has 1 aromatic rings. The first kappa shape index (κ1) is 13.0. The summed E-state index contributed by atoms with van der Waals surface area (Å²) in [5.41, 5.74) is 1.01. The molecule has 0 saturated heterocycles. The number of hydrogen-bond acceptors (Lipinski definition) is 2. The third-order valence-corrected chi connectivity index (χ3v) is 2.77. The van der Waals surface area contributed by atoms with Crippen LogP contribution in [-0.2, 0) is 4.79 Å². The van der Waals surface area contributed by atoms with Crippen LogP contribution in [0.2, 0.25) is 5.02 Å². The van der Waals surface area contributed by atoms with Gasteiger partial charge in [0.15, 0.2) is 0 Å². The van der Waals surface area contributed by atoms with E-state index in [1.165, 1.54) is 0 Å². The Morgan fingerprint density at radius 3 is 2.62 bits per heavy atom. The summed E-state index contributed by atoms with van der Waals surface area (Å²) in [6, 6.07) is 7.71. The zero-order valence-electron chi connectivity index (χ0n) is 9.83. The summed E-state index contributed by atoms with van der Waals surface area (Å²) >= 11 is 6.06. The fourth-order valence-electron chi connectivity index (χ4n) is 1.33. The van der Waals surface area contributed by atoms with Crippen LogP contribution < -0.4 is 5.32 Å². The van der Waals surface area contributed by atoms with Crippen molar-refractivity contribution in [1.29, 1.82) is 0 Å². The lowest BCUT2D eigenvalue weighted by molar-refractivity contribution is -0.127. The van der Waals surface area contributed by atoms with Crippen LogP contribution >= 0.6 is 11.6 Å². The summed E-state index contributed by atoms with van der Waals surface area (Å²) in [5.74, 6) is 0.0545. The van der Waals surface area contributed by atoms with Crippen molar-refractivity contribution in [2.75, 3.05) is 20.6 Å². The Balaban J connectivity index is 2.56. The molecule has 1 atom stereocenters. The third-order valence-electron chi connectivity index (χ3n) is 2.43. The van der Waals surface area contributed by atoms with Gasteiger partial charge in [0.25, 0.3) is 0 Å². The highest BCUT2D eigenvalue weighted by atomic mass is 35.5. The Morgan fingerprint density at radius 2 is 2.06 bits per heavy atom. The molecule has 1 unspecified atom stereocenters. The normalized spacial score (nSPS) is 12.2. The summed E-state index contributed by atoms with van der Waals surface area (Å²) in [6.45, 7) is 2.31. The average Bonchev–Trinajstić information content (AvgIpc) is 2.25. The summed E-state index contributed by atoms with van der Waals surface area (Å²) in [5, 5.41) is 3.87. The van der Waals surface area contributed by atoms with Crippen molar-refractivity contribution in [3.8, 4) is 0 Å². The molecular weight excluding hydrogens is 224 g/mol. The Morgan fingerprint density at radius 1 is 1.44 bits per heavy atom. The molecule has 88 valence electrons. The lowest BCUT2D eigenvalue weighted by Crippen LogP contribution is -2.34. The molecule has 0 aromatic heterocycles. The highest BCUT2D eigenvalue weighted by molar-refractivity contribution is 6.31. The van der Waals surface area contributed by atoms with Gasteiger partial charge in [0, 0.05) is 25.2 Å². The molecule has 1 N–H and O–H groups in total. The Labute approximate surface area is 101 Å². The topological polar surface area (TPSA) is 32.3 Å². The van der Waals surface area contributed by atoms with Gasteiger partial charge in [-0.1, -0.05) is 29.8 Å². The van der Waals surface area contributed by atoms with E-state index in [1.807, 2.05) is 31.2 Å². The molecule has 4 heteroatoms. The zero-order valence-corrected chi connectivity index (χ0v) is 10.6. The van der Waals surface area contributed by atoms with Crippen LogP contribution in [0, 0.1) is 0 Å². The van der Waals surface area contributed by atoms with Crippen LogP contribution in [0.1, 0.15) is 18.5 Å². The van der Waals surface area contributed by atoms with E-state index in [9.17, 15) is 4.79 Å². The van der Waals surface area contributed by atoms with E-state index in [-0.39, 0.29) is 11.9 Å². The monoisotopic (exact) mass is 240 g/mol. The number of hydrogen-bond donors (Lipinski definition) is 1. The van der Waals surface area contributed by atoms with E-state index < -0.39 is 0 Å². The van der Waals surface area contributed by atoms with Crippen molar-refractivity contribution in [3.05, 3.63) is 34.9 Å². The summed E-state index contributed by atoms with van der Waals surface area (Å²) < 4.78 is 0. The van der Waals surface area contributed by atoms with Crippen molar-refractivity contribution in [3.63, 3.8) is 0 Å². The quantitative estimate of drug-likeness (QED) is 0.874. The Bertz CT molecular complexity index is 366. The number of halogens is 1. The van der Waals surface area contributed by atoms with Crippen molar-refractivity contribution in [2.45, 2.75) is 13.0 Å². The van der Waals surface area contributed by atoms with Gasteiger partial charge in [-0.05, 0) is 18.6 Å². The largest absolute Gasteiger partial charge is 0.348 e. The number of likely N-dealkylation sites (N-methyl/N-ethyl adjacent to an activating group) is 1. The molecule has 1 aromatic carbocycles. The van der Waals surface area contributed by atoms with Crippen LogP contribution in [0.15, 0.2) is 24.3 Å². The smallest absolute Gasteiger partial charge is 0.236 e. The molecule has 3 nitrogen and oxygen atoms in total. The first-order valence-electron chi connectivity index (χ1n) is 5.20. The fourth-order valence-corrected chi connectivity index (χ4v) is 1.63. The lowest BCUT2D eigenvalue weighted by atomic mass is 10.1. The molecule has 0 bridgehead atoms. The Kier molecular flexibility index (Phi) is 4.77. The van der Waals surface area contributed by atoms with Crippen molar-refractivity contribution in [2.24, 2.45) is 0 Å². The average molecular weight is 241 g/mol. The number of benzene rings is 1. The standard InChI is InChI=1S/C12H17ClN2O/c1-9(14-8-12(16)15(2)3)10-6-4-5-7-11(10)13/h4-7,9,14H,8H2,1-3H3. The van der Waals surface area contributed by atoms with Gasteiger partial charge >= 0.3 is 0 Å². The molecule has 0 fully saturated rings. The number of amides is 1. The third kappa shape index (κ3) is 3.51. The Hall–Kier alpha value is -1.06. The minimum Gasteiger partial charge on any atom is -0.348 e. The van der Waals surface area contributed by atoms with Gasteiger partial charge in [-0.15, -0.1) is 0 Å². The highest BCUT2D eigenvalue weighted by Gasteiger charge is 2.10. The lowest BCUT2D eigenvalue weighted by Gasteiger charge is -2.17. The van der Waals surface area contributed by atoms with Crippen LogP contribution in [-0.4, -0.2) is 31.4 Å². The van der Waals surface area contributed by atoms with Gasteiger partial charge in [0.1, 0.15) is 0 Å². The number of rotatable bonds is 4. The van der Waals surface area contributed by atoms with Crippen LogP contribution in [0.25, 0.3) is 0 Å². The second kappa shape index (κ2) is 5.87. The van der Waals surface area contributed by atoms with Gasteiger partial charge < -0.3 is 10.2 Å². The summed E-state index contributed by atoms with van der Waals surface area (Å²) in [7, 11) is 3.48. The molecule has 0 saturated carbocycles. The van der Waals surface area contributed by atoms with E-state index in [0.29, 0.717) is 6.54 Å². The van der Waals surface area contributed by atoms with E-state index in [1.54, 1.807) is 19.0 Å². The van der Waals surface area contributed by atoms with Crippen LogP contribution in [0.4, 0.5) is 0 Å². The highest BCUT2D eigenvalue weighted by Crippen LogP contribution is 2.21. The van der Waals surface area contributed by atoms with Crippen LogP contribution in [0.3, 0.4) is 0 Å². The minimum atomic E-state index is 0.0545. The molecule has 0 aliphatic rings. The number of carbonyl (C=O) groups is 1. The SMILES string of the molecule is CC(NCC(=O)N(C)C)c1ccccc1Cl. The first-order valence-corrected chi connectivity index (χ1v) is 5.58. The predicted molar refractivity (Wildman–Crippen MR) is 66.6 cm³/mol. The van der Waals surface area contributed by atoms with Gasteiger partial charge in [-0.2, -0.15) is 0 Å². The van der Waals surface area contributed by atoms with Gasteiger partial charge in [0.2, 0.25) is 5.91 Å². The van der Waals surface area contributed by atoms with Gasteiger partial charge in [-0.25, -0.2) is 0 Å². The molecule has 0 aliphatic heterocycles. The molecule has 0 spiro atoms. The van der Waals surface area contributed by atoms with E-state index in [4.69, 9.17) is 11.6 Å². The zero-order chi connectivity index (χ0) is 12.1. The molecule has 16 heavy (non-hydrogen) atoms. The minimum absolute atomic E-state index is 0.0545. The summed E-state index contributed by atoms with van der Waals surface area (Å²) in [6.07, 6.45) is 0. The molecule has 0 aliphatic carbocycles.